The highest BCUT2D eigenvalue weighted by molar-refractivity contribution is 5.98. The molecule has 0 saturated carbocycles. The van der Waals surface area contributed by atoms with Crippen molar-refractivity contribution in [1.82, 2.24) is 5.32 Å². The van der Waals surface area contributed by atoms with Gasteiger partial charge in [-0.3, -0.25) is 4.79 Å². The molecule has 0 radical (unpaired) electrons. The second-order valence-electron chi connectivity index (χ2n) is 4.82. The van der Waals surface area contributed by atoms with Crippen LogP contribution in [-0.2, 0) is 0 Å². The molecule has 0 aliphatic carbocycles. The van der Waals surface area contributed by atoms with Crippen molar-refractivity contribution in [2.45, 2.75) is 19.9 Å². The second kappa shape index (κ2) is 7.37. The molecule has 21 heavy (non-hydrogen) atoms. The Kier molecular flexibility index (Phi) is 5.83. The number of nitrogens with two attached hydrogens (primary N) is 1. The van der Waals surface area contributed by atoms with Gasteiger partial charge in [0, 0.05) is 11.6 Å². The van der Waals surface area contributed by atoms with Gasteiger partial charge in [0.2, 0.25) is 0 Å². The maximum atomic E-state index is 12.3. The minimum atomic E-state index is -0.570. The van der Waals surface area contributed by atoms with E-state index in [0.29, 0.717) is 17.1 Å². The number of carbonyl (C=O) groups excluding carboxylic acids is 1. The van der Waals surface area contributed by atoms with E-state index in [2.05, 4.69) is 10.5 Å². The molecule has 1 aromatic rings. The lowest BCUT2D eigenvalue weighted by Crippen LogP contribution is -2.47. The fourth-order valence-corrected chi connectivity index (χ4v) is 1.81. The van der Waals surface area contributed by atoms with Gasteiger partial charge in [-0.1, -0.05) is 19.0 Å². The number of amidine groups is 1. The first kappa shape index (κ1) is 16.6. The van der Waals surface area contributed by atoms with Gasteiger partial charge in [0.05, 0.1) is 20.3 Å². The molecule has 0 bridgehead atoms. The van der Waals surface area contributed by atoms with Crippen LogP contribution in [0.1, 0.15) is 24.2 Å². The third kappa shape index (κ3) is 4.27. The van der Waals surface area contributed by atoms with Crippen LogP contribution in [0.2, 0.25) is 0 Å². The van der Waals surface area contributed by atoms with Crippen molar-refractivity contribution in [3.63, 3.8) is 0 Å². The van der Waals surface area contributed by atoms with Crippen LogP contribution in [0.4, 0.5) is 0 Å². The smallest absolute Gasteiger partial charge is 0.252 e. The average Bonchev–Trinajstić information content (AvgIpc) is 2.50. The summed E-state index contributed by atoms with van der Waals surface area (Å²) in [7, 11) is 3.01. The van der Waals surface area contributed by atoms with Gasteiger partial charge in [0.25, 0.3) is 5.91 Å². The molecule has 7 nitrogen and oxygen atoms in total. The van der Waals surface area contributed by atoms with Crippen LogP contribution in [-0.4, -0.2) is 37.2 Å². The minimum Gasteiger partial charge on any atom is -0.497 e. The molecule has 116 valence electrons. The number of hydrogen-bond acceptors (Lipinski definition) is 5. The number of benzene rings is 1. The third-order valence-corrected chi connectivity index (χ3v) is 3.00. The molecule has 0 fully saturated rings. The Morgan fingerprint density at radius 1 is 1.24 bits per heavy atom. The maximum Gasteiger partial charge on any atom is 0.252 e. The first-order chi connectivity index (χ1) is 9.92. The number of nitrogens with one attached hydrogen (secondary N) is 1. The number of rotatable bonds is 6. The first-order valence-electron chi connectivity index (χ1n) is 6.44. The molecule has 1 amide bonds. The Morgan fingerprint density at radius 3 is 2.14 bits per heavy atom. The zero-order valence-corrected chi connectivity index (χ0v) is 12.6. The predicted octanol–water partition coefficient (Wildman–Crippen LogP) is 1.20. The van der Waals surface area contributed by atoms with Crippen molar-refractivity contribution in [1.29, 1.82) is 0 Å². The number of carbonyl (C=O) groups is 1. The molecule has 0 aliphatic heterocycles. The zero-order valence-electron chi connectivity index (χ0n) is 12.6. The van der Waals surface area contributed by atoms with E-state index in [1.807, 2.05) is 13.8 Å². The summed E-state index contributed by atoms with van der Waals surface area (Å²) >= 11 is 0. The van der Waals surface area contributed by atoms with Crippen molar-refractivity contribution in [3.8, 4) is 11.5 Å². The number of methoxy groups -OCH3 is 2. The van der Waals surface area contributed by atoms with Crippen LogP contribution in [0.25, 0.3) is 0 Å². The molecule has 7 heteroatoms. The molecular formula is C14H21N3O4. The van der Waals surface area contributed by atoms with Crippen molar-refractivity contribution in [3.05, 3.63) is 23.8 Å². The Bertz CT molecular complexity index is 507. The molecule has 0 aliphatic rings. The van der Waals surface area contributed by atoms with Crippen molar-refractivity contribution in [2.75, 3.05) is 14.2 Å². The lowest BCUT2D eigenvalue weighted by molar-refractivity contribution is 0.0938. The Balaban J connectivity index is 3.02. The SMILES string of the molecule is COc1cc(OC)cc(C(=O)NC(C(N)=NO)C(C)C)c1. The summed E-state index contributed by atoms with van der Waals surface area (Å²) in [4.78, 5) is 12.3. The summed E-state index contributed by atoms with van der Waals surface area (Å²) in [6, 6.07) is 4.27. The summed E-state index contributed by atoms with van der Waals surface area (Å²) in [6.07, 6.45) is 0. The van der Waals surface area contributed by atoms with E-state index >= 15 is 0 Å². The van der Waals surface area contributed by atoms with Gasteiger partial charge >= 0.3 is 0 Å². The summed E-state index contributed by atoms with van der Waals surface area (Å²) in [5.74, 6) is 0.567. The van der Waals surface area contributed by atoms with E-state index in [9.17, 15) is 4.79 Å². The van der Waals surface area contributed by atoms with Crippen molar-refractivity contribution >= 4 is 11.7 Å². The largest absolute Gasteiger partial charge is 0.497 e. The van der Waals surface area contributed by atoms with E-state index in [1.165, 1.54) is 14.2 Å². The van der Waals surface area contributed by atoms with Gasteiger partial charge < -0.3 is 25.7 Å². The third-order valence-electron chi connectivity index (χ3n) is 3.00. The maximum absolute atomic E-state index is 12.3. The minimum absolute atomic E-state index is 0.0302. The van der Waals surface area contributed by atoms with Gasteiger partial charge in [-0.05, 0) is 18.1 Å². The highest BCUT2D eigenvalue weighted by Crippen LogP contribution is 2.22. The molecule has 0 heterocycles. The van der Waals surface area contributed by atoms with Crippen LogP contribution in [0, 0.1) is 5.92 Å². The molecule has 4 N–H and O–H groups in total. The van der Waals surface area contributed by atoms with Crippen molar-refractivity contribution in [2.24, 2.45) is 16.8 Å². The summed E-state index contributed by atoms with van der Waals surface area (Å²) in [5.41, 5.74) is 5.96. The van der Waals surface area contributed by atoms with Crippen molar-refractivity contribution < 1.29 is 19.5 Å². The van der Waals surface area contributed by atoms with Gasteiger partial charge in [-0.2, -0.15) is 0 Å². The van der Waals surface area contributed by atoms with Crippen LogP contribution in [0.3, 0.4) is 0 Å². The normalized spacial score (nSPS) is 12.9. The fourth-order valence-electron chi connectivity index (χ4n) is 1.81. The average molecular weight is 295 g/mol. The van der Waals surface area contributed by atoms with Crippen LogP contribution in [0.5, 0.6) is 11.5 Å². The molecule has 1 atom stereocenters. The Hall–Kier alpha value is -2.44. The highest BCUT2D eigenvalue weighted by atomic mass is 16.5. The topological polar surface area (TPSA) is 106 Å². The van der Waals surface area contributed by atoms with Gasteiger partial charge in [-0.15, -0.1) is 0 Å². The second-order valence-corrected chi connectivity index (χ2v) is 4.82. The van der Waals surface area contributed by atoms with Gasteiger partial charge in [0.1, 0.15) is 11.5 Å². The number of amides is 1. The molecule has 0 spiro atoms. The molecular weight excluding hydrogens is 274 g/mol. The van der Waals surface area contributed by atoms with Crippen LogP contribution >= 0.6 is 0 Å². The molecule has 1 rings (SSSR count). The Morgan fingerprint density at radius 2 is 1.76 bits per heavy atom. The highest BCUT2D eigenvalue weighted by Gasteiger charge is 2.22. The zero-order chi connectivity index (χ0) is 16.0. The first-order valence-corrected chi connectivity index (χ1v) is 6.44. The van der Waals surface area contributed by atoms with E-state index in [-0.39, 0.29) is 17.7 Å². The number of hydrogen-bond donors (Lipinski definition) is 3. The number of nitrogens with zero attached hydrogens (tertiary/aromatic N) is 1. The van der Waals surface area contributed by atoms with E-state index in [4.69, 9.17) is 20.4 Å². The lowest BCUT2D eigenvalue weighted by atomic mass is 10.0. The summed E-state index contributed by atoms with van der Waals surface area (Å²) < 4.78 is 10.2. The predicted molar refractivity (Wildman–Crippen MR) is 79.0 cm³/mol. The molecule has 1 unspecified atom stereocenters. The number of ether oxygens (including phenoxy) is 2. The fraction of sp³-hybridized carbons (Fsp3) is 0.429. The lowest BCUT2D eigenvalue weighted by Gasteiger charge is -2.21. The standard InChI is InChI=1S/C14H21N3O4/c1-8(2)12(13(15)17-19)16-14(18)9-5-10(20-3)7-11(6-9)21-4/h5-8,12,19H,1-4H3,(H2,15,17)(H,16,18). The summed E-state index contributed by atoms with van der Waals surface area (Å²) in [5, 5.41) is 14.4. The molecule has 0 saturated heterocycles. The van der Waals surface area contributed by atoms with Crippen LogP contribution < -0.4 is 20.5 Å². The van der Waals surface area contributed by atoms with E-state index in [1.54, 1.807) is 18.2 Å². The molecule has 0 aromatic heterocycles. The summed E-state index contributed by atoms with van der Waals surface area (Å²) in [6.45, 7) is 3.71. The molecule has 1 aromatic carbocycles. The van der Waals surface area contributed by atoms with Crippen LogP contribution in [0.15, 0.2) is 23.4 Å². The van der Waals surface area contributed by atoms with E-state index in [0.717, 1.165) is 0 Å². The number of oxime groups is 1. The quantitative estimate of drug-likeness (QED) is 0.316. The van der Waals surface area contributed by atoms with E-state index < -0.39 is 6.04 Å². The van der Waals surface area contributed by atoms with Gasteiger partial charge in [0.15, 0.2) is 5.84 Å². The monoisotopic (exact) mass is 295 g/mol. The van der Waals surface area contributed by atoms with Gasteiger partial charge in [-0.25, -0.2) is 0 Å². The Labute approximate surface area is 123 Å².